The average Bonchev–Trinajstić information content (AvgIpc) is 2.99. The first-order chi connectivity index (χ1) is 8.74. The zero-order valence-electron chi connectivity index (χ0n) is 9.55. The van der Waals surface area contributed by atoms with E-state index in [0.29, 0.717) is 11.8 Å². The van der Waals surface area contributed by atoms with E-state index in [1.165, 1.54) is 4.88 Å². The third-order valence-electron chi connectivity index (χ3n) is 2.51. The van der Waals surface area contributed by atoms with Crippen LogP contribution in [0.2, 0.25) is 0 Å². The lowest BCUT2D eigenvalue weighted by atomic mass is 10.2. The first-order valence-electron chi connectivity index (χ1n) is 5.39. The summed E-state index contributed by atoms with van der Waals surface area (Å²) in [7, 11) is 0. The second-order valence-electron chi connectivity index (χ2n) is 3.79. The SMILES string of the molecule is Cc1sc(-c2nnc(-c3ccccc3)o2)cc1Br. The topological polar surface area (TPSA) is 38.9 Å². The van der Waals surface area contributed by atoms with Crippen LogP contribution < -0.4 is 0 Å². The van der Waals surface area contributed by atoms with Gasteiger partial charge in [0.05, 0.1) is 4.88 Å². The van der Waals surface area contributed by atoms with E-state index in [4.69, 9.17) is 4.42 Å². The maximum absolute atomic E-state index is 5.69. The number of aryl methyl sites for hydroxylation is 1. The molecule has 0 unspecified atom stereocenters. The molecular weight excluding hydrogens is 312 g/mol. The van der Waals surface area contributed by atoms with Gasteiger partial charge in [0.15, 0.2) is 0 Å². The largest absolute Gasteiger partial charge is 0.415 e. The molecule has 0 radical (unpaired) electrons. The van der Waals surface area contributed by atoms with Gasteiger partial charge in [-0.2, -0.15) is 0 Å². The van der Waals surface area contributed by atoms with Crippen molar-refractivity contribution in [2.24, 2.45) is 0 Å². The van der Waals surface area contributed by atoms with Crippen molar-refractivity contribution >= 4 is 27.3 Å². The Morgan fingerprint density at radius 2 is 1.83 bits per heavy atom. The lowest BCUT2D eigenvalue weighted by molar-refractivity contribution is 0.586. The summed E-state index contributed by atoms with van der Waals surface area (Å²) in [5.74, 6) is 1.11. The third-order valence-corrected chi connectivity index (χ3v) is 4.64. The third kappa shape index (κ3) is 2.11. The second kappa shape index (κ2) is 4.66. The van der Waals surface area contributed by atoms with Crippen LogP contribution in [-0.4, -0.2) is 10.2 Å². The van der Waals surface area contributed by atoms with Gasteiger partial charge in [-0.05, 0) is 41.1 Å². The number of thiophene rings is 1. The van der Waals surface area contributed by atoms with Crippen LogP contribution in [0.25, 0.3) is 22.2 Å². The number of hydrogen-bond donors (Lipinski definition) is 0. The normalized spacial score (nSPS) is 10.8. The molecule has 0 saturated heterocycles. The molecule has 0 aliphatic carbocycles. The molecule has 3 aromatic rings. The molecular formula is C13H9BrN2OS. The molecule has 0 bridgehead atoms. The van der Waals surface area contributed by atoms with E-state index in [-0.39, 0.29) is 0 Å². The zero-order chi connectivity index (χ0) is 12.5. The zero-order valence-corrected chi connectivity index (χ0v) is 12.0. The highest BCUT2D eigenvalue weighted by Gasteiger charge is 2.13. The average molecular weight is 321 g/mol. The van der Waals surface area contributed by atoms with E-state index in [9.17, 15) is 0 Å². The standard InChI is InChI=1S/C13H9BrN2OS/c1-8-10(14)7-11(18-8)13-16-15-12(17-13)9-5-3-2-4-6-9/h2-7H,1H3. The molecule has 0 aliphatic heterocycles. The molecule has 0 spiro atoms. The Morgan fingerprint density at radius 3 is 2.50 bits per heavy atom. The van der Waals surface area contributed by atoms with Crippen molar-refractivity contribution < 1.29 is 4.42 Å². The van der Waals surface area contributed by atoms with Crippen molar-refractivity contribution in [1.82, 2.24) is 10.2 Å². The fourth-order valence-electron chi connectivity index (χ4n) is 1.59. The molecule has 0 saturated carbocycles. The summed E-state index contributed by atoms with van der Waals surface area (Å²) in [6.45, 7) is 2.05. The fourth-order valence-corrected chi connectivity index (χ4v) is 3.04. The Bertz CT molecular complexity index is 656. The quantitative estimate of drug-likeness (QED) is 0.696. The van der Waals surface area contributed by atoms with Gasteiger partial charge in [-0.25, -0.2) is 0 Å². The molecule has 2 heterocycles. The van der Waals surface area contributed by atoms with Gasteiger partial charge in [-0.3, -0.25) is 0 Å². The van der Waals surface area contributed by atoms with E-state index < -0.39 is 0 Å². The molecule has 0 fully saturated rings. The number of benzene rings is 1. The van der Waals surface area contributed by atoms with Gasteiger partial charge in [0.1, 0.15) is 0 Å². The highest BCUT2D eigenvalue weighted by molar-refractivity contribution is 9.10. The second-order valence-corrected chi connectivity index (χ2v) is 5.90. The van der Waals surface area contributed by atoms with Crippen molar-refractivity contribution in [2.75, 3.05) is 0 Å². The Labute approximate surface area is 117 Å². The summed E-state index contributed by atoms with van der Waals surface area (Å²) in [6, 6.07) is 11.8. The Hall–Kier alpha value is -1.46. The van der Waals surface area contributed by atoms with E-state index in [2.05, 4.69) is 26.1 Å². The maximum atomic E-state index is 5.69. The summed E-state index contributed by atoms with van der Waals surface area (Å²) in [4.78, 5) is 2.18. The van der Waals surface area contributed by atoms with E-state index >= 15 is 0 Å². The van der Waals surface area contributed by atoms with Crippen LogP contribution in [0.3, 0.4) is 0 Å². The van der Waals surface area contributed by atoms with Gasteiger partial charge in [-0.15, -0.1) is 21.5 Å². The first-order valence-corrected chi connectivity index (χ1v) is 7.00. The maximum Gasteiger partial charge on any atom is 0.258 e. The summed E-state index contributed by atoms with van der Waals surface area (Å²) >= 11 is 5.12. The molecule has 0 aliphatic rings. The Balaban J connectivity index is 1.99. The number of halogens is 1. The predicted molar refractivity (Wildman–Crippen MR) is 75.5 cm³/mol. The molecule has 18 heavy (non-hydrogen) atoms. The van der Waals surface area contributed by atoms with Crippen LogP contribution in [0.15, 0.2) is 45.3 Å². The van der Waals surface area contributed by atoms with Crippen LogP contribution in [0.4, 0.5) is 0 Å². The van der Waals surface area contributed by atoms with E-state index in [1.54, 1.807) is 11.3 Å². The van der Waals surface area contributed by atoms with Crippen LogP contribution in [0.5, 0.6) is 0 Å². The highest BCUT2D eigenvalue weighted by Crippen LogP contribution is 2.34. The highest BCUT2D eigenvalue weighted by atomic mass is 79.9. The number of nitrogens with zero attached hydrogens (tertiary/aromatic N) is 2. The van der Waals surface area contributed by atoms with Crippen molar-refractivity contribution in [2.45, 2.75) is 6.92 Å². The van der Waals surface area contributed by atoms with Crippen molar-refractivity contribution in [3.63, 3.8) is 0 Å². The summed E-state index contributed by atoms with van der Waals surface area (Å²) in [5, 5.41) is 8.17. The first kappa shape index (κ1) is 11.6. The molecule has 0 amide bonds. The van der Waals surface area contributed by atoms with E-state index in [0.717, 1.165) is 14.9 Å². The minimum atomic E-state index is 0.549. The van der Waals surface area contributed by atoms with E-state index in [1.807, 2.05) is 43.3 Å². The molecule has 5 heteroatoms. The Kier molecular flexibility index (Phi) is 3.01. The summed E-state index contributed by atoms with van der Waals surface area (Å²) in [5.41, 5.74) is 0.934. The fraction of sp³-hybridized carbons (Fsp3) is 0.0769. The number of hydrogen-bond acceptors (Lipinski definition) is 4. The van der Waals surface area contributed by atoms with Gasteiger partial charge < -0.3 is 4.42 Å². The van der Waals surface area contributed by atoms with Crippen LogP contribution in [-0.2, 0) is 0 Å². The van der Waals surface area contributed by atoms with Gasteiger partial charge in [0.2, 0.25) is 5.89 Å². The molecule has 3 nitrogen and oxygen atoms in total. The minimum Gasteiger partial charge on any atom is -0.415 e. The van der Waals surface area contributed by atoms with Crippen molar-refractivity contribution in [1.29, 1.82) is 0 Å². The van der Waals surface area contributed by atoms with Crippen LogP contribution >= 0.6 is 27.3 Å². The monoisotopic (exact) mass is 320 g/mol. The summed E-state index contributed by atoms with van der Waals surface area (Å²) in [6.07, 6.45) is 0. The Morgan fingerprint density at radius 1 is 1.11 bits per heavy atom. The van der Waals surface area contributed by atoms with Gasteiger partial charge in [-0.1, -0.05) is 18.2 Å². The molecule has 0 atom stereocenters. The van der Waals surface area contributed by atoms with Crippen LogP contribution in [0, 0.1) is 6.92 Å². The van der Waals surface area contributed by atoms with Gasteiger partial charge in [0, 0.05) is 14.9 Å². The summed E-state index contributed by atoms with van der Waals surface area (Å²) < 4.78 is 6.76. The lowest BCUT2D eigenvalue weighted by Crippen LogP contribution is -1.75. The molecule has 2 aromatic heterocycles. The number of aromatic nitrogens is 2. The van der Waals surface area contributed by atoms with Gasteiger partial charge >= 0.3 is 0 Å². The molecule has 90 valence electrons. The molecule has 3 rings (SSSR count). The smallest absolute Gasteiger partial charge is 0.258 e. The lowest BCUT2D eigenvalue weighted by Gasteiger charge is -1.91. The van der Waals surface area contributed by atoms with Crippen LogP contribution in [0.1, 0.15) is 4.88 Å². The van der Waals surface area contributed by atoms with Crippen molar-refractivity contribution in [3.8, 4) is 22.2 Å². The van der Waals surface area contributed by atoms with Gasteiger partial charge in [0.25, 0.3) is 5.89 Å². The molecule has 1 aromatic carbocycles. The van der Waals surface area contributed by atoms with Crippen molar-refractivity contribution in [3.05, 3.63) is 45.7 Å². The molecule has 0 N–H and O–H groups in total. The number of rotatable bonds is 2. The minimum absolute atomic E-state index is 0.549. The predicted octanol–water partition coefficient (Wildman–Crippen LogP) is 4.54.